The highest BCUT2D eigenvalue weighted by atomic mass is 32.2. The molecule has 0 saturated heterocycles. The third-order valence-electron chi connectivity index (χ3n) is 2.95. The molecule has 0 bridgehead atoms. The first-order valence-electron chi connectivity index (χ1n) is 6.64. The summed E-state index contributed by atoms with van der Waals surface area (Å²) in [6.07, 6.45) is -0.690. The average Bonchev–Trinajstić information content (AvgIpc) is 2.89. The van der Waals surface area contributed by atoms with E-state index in [-0.39, 0.29) is 5.69 Å². The molecular weight excluding hydrogens is 359 g/mol. The number of aliphatic hydroxyl groups is 1. The lowest BCUT2D eigenvalue weighted by Crippen LogP contribution is -2.42. The molecule has 0 aliphatic carbocycles. The number of amides is 1. The molecule has 0 unspecified atom stereocenters. The Kier molecular flexibility index (Phi) is 5.42. The third kappa shape index (κ3) is 4.66. The molecule has 0 fully saturated rings. The standard InChI is InChI=1S/C14H15FN2O5S2/c1-24(20,21)17(7-12(18)14(16)19)10-2-4-11(5-3-10)22-13-6-9(15)8-23-13/h2-6,8,12,18H,7H2,1H3,(H2,16,19)/t12-/m0/s1. The van der Waals surface area contributed by atoms with Crippen LogP contribution >= 0.6 is 11.3 Å². The molecule has 2 rings (SSSR count). The largest absolute Gasteiger partial charge is 0.447 e. The number of benzene rings is 1. The summed E-state index contributed by atoms with van der Waals surface area (Å²) in [7, 11) is -3.74. The van der Waals surface area contributed by atoms with Crippen LogP contribution in [0.1, 0.15) is 0 Å². The van der Waals surface area contributed by atoms with Gasteiger partial charge < -0.3 is 15.6 Å². The van der Waals surface area contributed by atoms with Gasteiger partial charge in [0.2, 0.25) is 15.9 Å². The number of rotatable bonds is 7. The van der Waals surface area contributed by atoms with Gasteiger partial charge >= 0.3 is 0 Å². The monoisotopic (exact) mass is 374 g/mol. The number of sulfonamides is 1. The van der Waals surface area contributed by atoms with Crippen LogP contribution in [0.4, 0.5) is 10.1 Å². The van der Waals surface area contributed by atoms with Crippen molar-refractivity contribution in [1.29, 1.82) is 0 Å². The van der Waals surface area contributed by atoms with E-state index < -0.39 is 34.4 Å². The van der Waals surface area contributed by atoms with Crippen molar-refractivity contribution >= 4 is 33.0 Å². The predicted molar refractivity (Wildman–Crippen MR) is 88.2 cm³/mol. The molecule has 0 radical (unpaired) electrons. The third-order valence-corrected chi connectivity index (χ3v) is 4.89. The van der Waals surface area contributed by atoms with Gasteiger partial charge in [-0.2, -0.15) is 0 Å². The van der Waals surface area contributed by atoms with E-state index in [0.29, 0.717) is 10.8 Å². The first kappa shape index (κ1) is 18.2. The fraction of sp³-hybridized carbons (Fsp3) is 0.214. The van der Waals surface area contributed by atoms with Crippen molar-refractivity contribution in [2.24, 2.45) is 5.73 Å². The number of nitrogens with zero attached hydrogens (tertiary/aromatic N) is 1. The van der Waals surface area contributed by atoms with Crippen molar-refractivity contribution in [3.63, 3.8) is 0 Å². The quantitative estimate of drug-likeness (QED) is 0.759. The number of hydrogen-bond acceptors (Lipinski definition) is 6. The van der Waals surface area contributed by atoms with Crippen LogP contribution in [0.5, 0.6) is 10.8 Å². The van der Waals surface area contributed by atoms with Crippen LogP contribution in [-0.2, 0) is 14.8 Å². The number of nitrogens with two attached hydrogens (primary N) is 1. The van der Waals surface area contributed by atoms with E-state index in [0.717, 1.165) is 21.9 Å². The van der Waals surface area contributed by atoms with E-state index in [9.17, 15) is 22.7 Å². The van der Waals surface area contributed by atoms with E-state index in [1.807, 2.05) is 0 Å². The second-order valence-corrected chi connectivity index (χ2v) is 7.67. The molecule has 1 aromatic carbocycles. The molecule has 1 aromatic heterocycles. The van der Waals surface area contributed by atoms with E-state index in [1.54, 1.807) is 0 Å². The molecule has 7 nitrogen and oxygen atoms in total. The van der Waals surface area contributed by atoms with Gasteiger partial charge in [0.05, 0.1) is 18.5 Å². The Balaban J connectivity index is 2.20. The van der Waals surface area contributed by atoms with E-state index in [4.69, 9.17) is 10.5 Å². The number of aliphatic hydroxyl groups excluding tert-OH is 1. The van der Waals surface area contributed by atoms with Crippen LogP contribution in [-0.4, -0.2) is 38.3 Å². The first-order valence-corrected chi connectivity index (χ1v) is 9.36. The number of halogens is 1. The summed E-state index contributed by atoms with van der Waals surface area (Å²) in [4.78, 5) is 11.0. The van der Waals surface area contributed by atoms with Gasteiger partial charge in [-0.3, -0.25) is 9.10 Å². The summed E-state index contributed by atoms with van der Waals surface area (Å²) >= 11 is 1.08. The lowest BCUT2D eigenvalue weighted by Gasteiger charge is -2.24. The Morgan fingerprint density at radius 3 is 2.50 bits per heavy atom. The number of carbonyl (C=O) groups excluding carboxylic acids is 1. The number of hydrogen-bond donors (Lipinski definition) is 2. The highest BCUT2D eigenvalue weighted by molar-refractivity contribution is 7.92. The van der Waals surface area contributed by atoms with E-state index >= 15 is 0 Å². The SMILES string of the molecule is CS(=O)(=O)N(C[C@H](O)C(N)=O)c1ccc(Oc2cc(F)cs2)cc1. The lowest BCUT2D eigenvalue weighted by atomic mass is 10.2. The highest BCUT2D eigenvalue weighted by Crippen LogP contribution is 2.29. The van der Waals surface area contributed by atoms with Crippen molar-refractivity contribution < 1.29 is 27.4 Å². The molecule has 1 heterocycles. The molecule has 1 amide bonds. The maximum absolute atomic E-state index is 12.9. The van der Waals surface area contributed by atoms with Crippen LogP contribution < -0.4 is 14.8 Å². The summed E-state index contributed by atoms with van der Waals surface area (Å²) in [6.45, 7) is -0.496. The number of ether oxygens (including phenoxy) is 1. The predicted octanol–water partition coefficient (Wildman–Crippen LogP) is 1.29. The topological polar surface area (TPSA) is 110 Å². The zero-order chi connectivity index (χ0) is 17.9. The van der Waals surface area contributed by atoms with Crippen molar-refractivity contribution in [3.8, 4) is 10.8 Å². The minimum atomic E-state index is -3.74. The maximum Gasteiger partial charge on any atom is 0.248 e. The molecule has 2 aromatic rings. The number of anilines is 1. The van der Waals surface area contributed by atoms with Gasteiger partial charge in [0.25, 0.3) is 0 Å². The summed E-state index contributed by atoms with van der Waals surface area (Å²) in [5, 5.41) is 11.2. The molecule has 1 atom stereocenters. The second kappa shape index (κ2) is 7.16. The summed E-state index contributed by atoms with van der Waals surface area (Å²) in [5.41, 5.74) is 5.18. The highest BCUT2D eigenvalue weighted by Gasteiger charge is 2.23. The number of thiophene rings is 1. The van der Waals surface area contributed by atoms with Gasteiger partial charge in [-0.1, -0.05) is 0 Å². The van der Waals surface area contributed by atoms with Crippen LogP contribution in [0.3, 0.4) is 0 Å². The van der Waals surface area contributed by atoms with Crippen molar-refractivity contribution in [1.82, 2.24) is 0 Å². The number of primary amides is 1. The maximum atomic E-state index is 12.9. The van der Waals surface area contributed by atoms with Gasteiger partial charge in [0.15, 0.2) is 11.2 Å². The number of carbonyl (C=O) groups is 1. The zero-order valence-corrected chi connectivity index (χ0v) is 14.2. The van der Waals surface area contributed by atoms with Crippen LogP contribution in [0.25, 0.3) is 0 Å². The molecule has 0 spiro atoms. The Morgan fingerprint density at radius 2 is 2.04 bits per heavy atom. The fourth-order valence-corrected chi connectivity index (χ4v) is 3.36. The molecule has 24 heavy (non-hydrogen) atoms. The molecule has 10 heteroatoms. The fourth-order valence-electron chi connectivity index (χ4n) is 1.82. The Morgan fingerprint density at radius 1 is 1.42 bits per heavy atom. The Bertz CT molecular complexity index is 820. The van der Waals surface area contributed by atoms with Crippen molar-refractivity contribution in [3.05, 3.63) is 41.5 Å². The van der Waals surface area contributed by atoms with Gasteiger partial charge in [0, 0.05) is 11.4 Å². The van der Waals surface area contributed by atoms with Gasteiger partial charge in [-0.05, 0) is 24.3 Å². The first-order chi connectivity index (χ1) is 11.2. The summed E-state index contributed by atoms with van der Waals surface area (Å²) < 4.78 is 42.9. The molecule has 0 saturated carbocycles. The van der Waals surface area contributed by atoms with E-state index in [1.165, 1.54) is 35.7 Å². The lowest BCUT2D eigenvalue weighted by molar-refractivity contribution is -0.125. The molecule has 3 N–H and O–H groups in total. The Hall–Kier alpha value is -2.17. The van der Waals surface area contributed by atoms with Gasteiger partial charge in [0.1, 0.15) is 11.6 Å². The zero-order valence-electron chi connectivity index (χ0n) is 12.5. The molecule has 0 aliphatic heterocycles. The molecule has 130 valence electrons. The smallest absolute Gasteiger partial charge is 0.248 e. The minimum Gasteiger partial charge on any atom is -0.447 e. The summed E-state index contributed by atoms with van der Waals surface area (Å²) in [6, 6.07) is 7.08. The second-order valence-electron chi connectivity index (χ2n) is 4.89. The molecule has 0 aliphatic rings. The van der Waals surface area contributed by atoms with Crippen LogP contribution in [0.2, 0.25) is 0 Å². The minimum absolute atomic E-state index is 0.225. The van der Waals surface area contributed by atoms with Crippen LogP contribution in [0, 0.1) is 5.82 Å². The van der Waals surface area contributed by atoms with Crippen molar-refractivity contribution in [2.75, 3.05) is 17.1 Å². The van der Waals surface area contributed by atoms with Gasteiger partial charge in [-0.25, -0.2) is 12.8 Å². The Labute approximate surface area is 142 Å². The summed E-state index contributed by atoms with van der Waals surface area (Å²) in [5.74, 6) is -1.05. The average molecular weight is 374 g/mol. The van der Waals surface area contributed by atoms with Crippen molar-refractivity contribution in [2.45, 2.75) is 6.10 Å². The van der Waals surface area contributed by atoms with Crippen LogP contribution in [0.15, 0.2) is 35.7 Å². The van der Waals surface area contributed by atoms with Gasteiger partial charge in [-0.15, -0.1) is 11.3 Å². The molecular formula is C14H15FN2O5S2. The normalized spacial score (nSPS) is 12.6. The van der Waals surface area contributed by atoms with E-state index in [2.05, 4.69) is 0 Å².